The van der Waals surface area contributed by atoms with Gasteiger partial charge in [-0.2, -0.15) is 0 Å². The molecule has 144 valence electrons. The summed E-state index contributed by atoms with van der Waals surface area (Å²) in [6.07, 6.45) is 23.4. The topological polar surface area (TPSA) is 31.5 Å². The van der Waals surface area contributed by atoms with Crippen LogP contribution in [0.4, 0.5) is 0 Å². The molecular formula is C21H50OSi. The molecule has 0 atom stereocenters. The predicted octanol–water partition coefficient (Wildman–Crippen LogP) is 7.55. The number of unbranched alkanes of at least 4 members (excludes halogenated alkanes) is 15. The molecule has 0 saturated heterocycles. The summed E-state index contributed by atoms with van der Waals surface area (Å²) in [5.74, 6) is 0. The monoisotopic (exact) mass is 346 g/mol. The van der Waals surface area contributed by atoms with Crippen molar-refractivity contribution in [2.24, 2.45) is 0 Å². The molecule has 0 aromatic rings. The van der Waals surface area contributed by atoms with Crippen LogP contribution in [0.25, 0.3) is 0 Å². The van der Waals surface area contributed by atoms with Gasteiger partial charge in [0.2, 0.25) is 0 Å². The summed E-state index contributed by atoms with van der Waals surface area (Å²) in [6.45, 7) is 11.5. The molecule has 2 heteroatoms. The Morgan fingerprint density at radius 2 is 0.522 bits per heavy atom. The number of hydrogen-bond acceptors (Lipinski definition) is 0. The zero-order chi connectivity index (χ0) is 16.9. The lowest BCUT2D eigenvalue weighted by Crippen LogP contribution is -1.84. The quantitative estimate of drug-likeness (QED) is 0.216. The molecule has 0 aromatic heterocycles. The van der Waals surface area contributed by atoms with Crippen LogP contribution in [0.15, 0.2) is 0 Å². The van der Waals surface area contributed by atoms with Crippen molar-refractivity contribution in [3.63, 3.8) is 0 Å². The summed E-state index contributed by atoms with van der Waals surface area (Å²) in [6, 6.07) is 0. The summed E-state index contributed by atoms with van der Waals surface area (Å²) in [5.41, 5.74) is 0. The summed E-state index contributed by atoms with van der Waals surface area (Å²) in [7, 11) is -0.139. The molecule has 0 rings (SSSR count). The van der Waals surface area contributed by atoms with Gasteiger partial charge in [0.05, 0.1) is 0 Å². The van der Waals surface area contributed by atoms with E-state index < -0.39 is 0 Å². The maximum Gasteiger partial charge on any atom is 0.0274 e. The van der Waals surface area contributed by atoms with Gasteiger partial charge >= 0.3 is 0 Å². The highest BCUT2D eigenvalue weighted by molar-refractivity contribution is 6.54. The van der Waals surface area contributed by atoms with Crippen LogP contribution in [0.2, 0.25) is 19.6 Å². The van der Waals surface area contributed by atoms with E-state index in [1.165, 1.54) is 103 Å². The molecule has 0 aliphatic carbocycles. The molecule has 23 heavy (non-hydrogen) atoms. The van der Waals surface area contributed by atoms with Crippen LogP contribution in [-0.2, 0) is 0 Å². The van der Waals surface area contributed by atoms with E-state index in [-0.39, 0.29) is 14.3 Å². The molecule has 0 amide bonds. The lowest BCUT2D eigenvalue weighted by molar-refractivity contribution is 0.531. The third kappa shape index (κ3) is 39.2. The largest absolute Gasteiger partial charge is 0.412 e. The first-order chi connectivity index (χ1) is 10.6. The van der Waals surface area contributed by atoms with E-state index in [4.69, 9.17) is 0 Å². The van der Waals surface area contributed by atoms with E-state index in [1.54, 1.807) is 0 Å². The molecule has 2 N–H and O–H groups in total. The Hall–Kier alpha value is 0.177. The molecule has 0 radical (unpaired) electrons. The van der Waals surface area contributed by atoms with E-state index in [9.17, 15) is 0 Å². The van der Waals surface area contributed by atoms with Gasteiger partial charge in [-0.05, 0) is 0 Å². The first-order valence-corrected chi connectivity index (χ1v) is 14.1. The first kappa shape index (κ1) is 28.0. The van der Waals surface area contributed by atoms with Crippen LogP contribution in [-0.4, -0.2) is 14.3 Å². The average Bonchev–Trinajstić information content (AvgIpc) is 2.47. The second-order valence-corrected chi connectivity index (χ2v) is 11.1. The van der Waals surface area contributed by atoms with Gasteiger partial charge in [0.25, 0.3) is 0 Å². The molecule has 0 heterocycles. The SMILES string of the molecule is CCCCCCCCCCCCCCCCCC.C[SiH](C)C.O. The lowest BCUT2D eigenvalue weighted by Gasteiger charge is -2.03. The Morgan fingerprint density at radius 1 is 0.391 bits per heavy atom. The molecule has 0 saturated carbocycles. The van der Waals surface area contributed by atoms with Crippen LogP contribution in [0, 0.1) is 0 Å². The minimum Gasteiger partial charge on any atom is -0.412 e. The highest BCUT2D eigenvalue weighted by atomic mass is 28.3. The molecule has 0 aliphatic heterocycles. The van der Waals surface area contributed by atoms with Crippen molar-refractivity contribution in [1.82, 2.24) is 0 Å². The number of hydrogen-bond donors (Lipinski definition) is 0. The Labute approximate surface area is 151 Å². The highest BCUT2D eigenvalue weighted by Crippen LogP contribution is 2.13. The van der Waals surface area contributed by atoms with Gasteiger partial charge in [0.15, 0.2) is 0 Å². The summed E-state index contributed by atoms with van der Waals surface area (Å²) < 4.78 is 0. The smallest absolute Gasteiger partial charge is 0.0274 e. The predicted molar refractivity (Wildman–Crippen MR) is 114 cm³/mol. The fraction of sp³-hybridized carbons (Fsp3) is 1.00. The van der Waals surface area contributed by atoms with Crippen molar-refractivity contribution in [2.45, 2.75) is 136 Å². The van der Waals surface area contributed by atoms with E-state index in [2.05, 4.69) is 33.5 Å². The maximum absolute atomic E-state index is 2.31. The van der Waals surface area contributed by atoms with E-state index >= 15 is 0 Å². The fourth-order valence-electron chi connectivity index (χ4n) is 2.62. The van der Waals surface area contributed by atoms with Crippen molar-refractivity contribution in [3.8, 4) is 0 Å². The van der Waals surface area contributed by atoms with Gasteiger partial charge in [0.1, 0.15) is 0 Å². The van der Waals surface area contributed by atoms with Crippen molar-refractivity contribution < 1.29 is 5.48 Å². The van der Waals surface area contributed by atoms with Gasteiger partial charge in [-0.3, -0.25) is 0 Å². The van der Waals surface area contributed by atoms with E-state index in [0.717, 1.165) is 0 Å². The Balaban J connectivity index is -0.000000712. The lowest BCUT2D eigenvalue weighted by atomic mass is 10.0. The van der Waals surface area contributed by atoms with Gasteiger partial charge in [-0.15, -0.1) is 0 Å². The fourth-order valence-corrected chi connectivity index (χ4v) is 2.62. The minimum absolute atomic E-state index is 0. The van der Waals surface area contributed by atoms with Crippen LogP contribution >= 0.6 is 0 Å². The normalized spacial score (nSPS) is 10.2. The molecule has 0 fully saturated rings. The van der Waals surface area contributed by atoms with Crippen LogP contribution in [0.1, 0.15) is 117 Å². The molecule has 0 spiro atoms. The zero-order valence-corrected chi connectivity index (χ0v) is 18.5. The molecule has 1 nitrogen and oxygen atoms in total. The van der Waals surface area contributed by atoms with Crippen molar-refractivity contribution in [2.75, 3.05) is 0 Å². The average molecular weight is 347 g/mol. The van der Waals surface area contributed by atoms with Crippen LogP contribution < -0.4 is 0 Å². The highest BCUT2D eigenvalue weighted by Gasteiger charge is 1.93. The third-order valence-corrected chi connectivity index (χ3v) is 3.96. The van der Waals surface area contributed by atoms with E-state index in [1.807, 2.05) is 0 Å². The van der Waals surface area contributed by atoms with Crippen LogP contribution in [0.5, 0.6) is 0 Å². The molecule has 0 aliphatic rings. The Morgan fingerprint density at radius 3 is 0.652 bits per heavy atom. The van der Waals surface area contributed by atoms with Gasteiger partial charge in [-0.25, -0.2) is 0 Å². The van der Waals surface area contributed by atoms with Crippen molar-refractivity contribution in [1.29, 1.82) is 0 Å². The third-order valence-electron chi connectivity index (χ3n) is 3.96. The number of rotatable bonds is 15. The second-order valence-electron chi connectivity index (χ2n) is 7.68. The first-order valence-electron chi connectivity index (χ1n) is 10.6. The van der Waals surface area contributed by atoms with Gasteiger partial charge in [0, 0.05) is 8.80 Å². The minimum atomic E-state index is -0.139. The van der Waals surface area contributed by atoms with Crippen LogP contribution in [0.3, 0.4) is 0 Å². The van der Waals surface area contributed by atoms with Gasteiger partial charge in [-0.1, -0.05) is 136 Å². The standard InChI is InChI=1S/C18H38.C3H10Si.H2O/c1-3-5-7-9-11-13-15-17-18-16-14-12-10-8-6-4-2;1-4(2)3;/h3-18H2,1-2H3;4H,1-3H3;1H2. The Bertz CT molecular complexity index is 152. The van der Waals surface area contributed by atoms with Crippen molar-refractivity contribution in [3.05, 3.63) is 0 Å². The molecule has 0 bridgehead atoms. The molecule has 0 unspecified atom stereocenters. The molecular weight excluding hydrogens is 296 g/mol. The second kappa shape index (κ2) is 27.0. The van der Waals surface area contributed by atoms with Crippen molar-refractivity contribution >= 4 is 8.80 Å². The summed E-state index contributed by atoms with van der Waals surface area (Å²) in [5, 5.41) is 0. The summed E-state index contributed by atoms with van der Waals surface area (Å²) in [4.78, 5) is 0. The summed E-state index contributed by atoms with van der Waals surface area (Å²) >= 11 is 0. The van der Waals surface area contributed by atoms with Gasteiger partial charge < -0.3 is 5.48 Å². The zero-order valence-electron chi connectivity index (χ0n) is 17.4. The Kier molecular flexibility index (Phi) is 32.9. The molecule has 0 aromatic carbocycles. The maximum atomic E-state index is 2.31. The van der Waals surface area contributed by atoms with E-state index in [0.29, 0.717) is 0 Å².